The highest BCUT2D eigenvalue weighted by Crippen LogP contribution is 2.48. The van der Waals surface area contributed by atoms with Gasteiger partial charge in [-0.2, -0.15) is 0 Å². The Bertz CT molecular complexity index is 921. The minimum Gasteiger partial charge on any atom is -0.489 e. The van der Waals surface area contributed by atoms with Gasteiger partial charge in [-0.05, 0) is 19.4 Å². The molecule has 6 nitrogen and oxygen atoms in total. The molecule has 0 spiro atoms. The smallest absolute Gasteiger partial charge is 0.341 e. The van der Waals surface area contributed by atoms with Crippen LogP contribution in [-0.4, -0.2) is 28.3 Å². The zero-order chi connectivity index (χ0) is 16.5. The van der Waals surface area contributed by atoms with Crippen LogP contribution in [0.3, 0.4) is 0 Å². The van der Waals surface area contributed by atoms with E-state index in [4.69, 9.17) is 10.5 Å². The third-order valence-electron chi connectivity index (χ3n) is 4.64. The second-order valence-electron chi connectivity index (χ2n) is 6.25. The number of carboxylic acids is 1. The molecule has 7 heteroatoms. The Morgan fingerprint density at radius 1 is 1.52 bits per heavy atom. The van der Waals surface area contributed by atoms with Crippen LogP contribution in [0.5, 0.6) is 5.75 Å². The van der Waals surface area contributed by atoms with E-state index >= 15 is 0 Å². The molecule has 23 heavy (non-hydrogen) atoms. The third-order valence-corrected chi connectivity index (χ3v) is 4.64. The standard InChI is InChI=1S/C16H15FN2O4/c1-6-5-23-15-12(7-3-11(7)18)10(17)2-8-13(15)19(6)4-9(14(8)20)16(21)22/h2,4,6-7,11H,3,5,18H2,1H3,(H,21,22)/t6-,7?,11?/m0/s1. The summed E-state index contributed by atoms with van der Waals surface area (Å²) in [6.07, 6.45) is 1.99. The van der Waals surface area contributed by atoms with E-state index in [9.17, 15) is 19.1 Å². The van der Waals surface area contributed by atoms with Gasteiger partial charge in [-0.1, -0.05) is 0 Å². The number of nitrogens with two attached hydrogens (primary N) is 1. The first-order chi connectivity index (χ1) is 10.9. The van der Waals surface area contributed by atoms with Crippen LogP contribution < -0.4 is 15.9 Å². The normalized spacial score (nSPS) is 25.3. The van der Waals surface area contributed by atoms with Gasteiger partial charge >= 0.3 is 5.97 Å². The monoisotopic (exact) mass is 318 g/mol. The van der Waals surface area contributed by atoms with Crippen molar-refractivity contribution in [3.8, 4) is 5.75 Å². The van der Waals surface area contributed by atoms with Gasteiger partial charge in [-0.3, -0.25) is 4.79 Å². The van der Waals surface area contributed by atoms with Crippen LogP contribution in [0.4, 0.5) is 4.39 Å². The third kappa shape index (κ3) is 1.89. The number of nitrogens with zero attached hydrogens (tertiary/aromatic N) is 1. The molecule has 3 N–H and O–H groups in total. The van der Waals surface area contributed by atoms with Crippen molar-refractivity contribution < 1.29 is 19.0 Å². The fourth-order valence-electron chi connectivity index (χ4n) is 3.29. The van der Waals surface area contributed by atoms with Gasteiger partial charge in [0.15, 0.2) is 0 Å². The number of carboxylic acid groups (broad SMARTS) is 1. The van der Waals surface area contributed by atoms with Gasteiger partial charge in [0.05, 0.1) is 16.9 Å². The summed E-state index contributed by atoms with van der Waals surface area (Å²) in [4.78, 5) is 23.7. The van der Waals surface area contributed by atoms with Crippen molar-refractivity contribution in [2.75, 3.05) is 6.61 Å². The van der Waals surface area contributed by atoms with Crippen molar-refractivity contribution in [2.45, 2.75) is 31.3 Å². The Labute approximate surface area is 130 Å². The maximum atomic E-state index is 14.6. The van der Waals surface area contributed by atoms with Crippen molar-refractivity contribution in [3.05, 3.63) is 39.4 Å². The largest absolute Gasteiger partial charge is 0.489 e. The SMILES string of the molecule is C[C@H]1COc2c(C3CC3N)c(F)cc3c(=O)c(C(=O)O)cn1c23. The van der Waals surface area contributed by atoms with Crippen LogP contribution >= 0.6 is 0 Å². The van der Waals surface area contributed by atoms with Crippen molar-refractivity contribution in [1.29, 1.82) is 0 Å². The maximum absolute atomic E-state index is 14.6. The second kappa shape index (κ2) is 4.55. The predicted octanol–water partition coefficient (Wildman–Crippen LogP) is 1.61. The molecule has 1 aromatic heterocycles. The number of aromatic nitrogens is 1. The van der Waals surface area contributed by atoms with Gasteiger partial charge in [-0.25, -0.2) is 9.18 Å². The average molecular weight is 318 g/mol. The molecular weight excluding hydrogens is 303 g/mol. The number of aromatic carboxylic acids is 1. The first-order valence-electron chi connectivity index (χ1n) is 7.43. The quantitative estimate of drug-likeness (QED) is 0.877. The molecular formula is C16H15FN2O4. The highest BCUT2D eigenvalue weighted by atomic mass is 19.1. The minimum atomic E-state index is -1.32. The van der Waals surface area contributed by atoms with Gasteiger partial charge in [0.1, 0.15) is 23.7 Å². The van der Waals surface area contributed by atoms with Gasteiger partial charge < -0.3 is 20.1 Å². The topological polar surface area (TPSA) is 94.6 Å². The molecule has 2 aliphatic rings. The van der Waals surface area contributed by atoms with E-state index in [1.807, 2.05) is 6.92 Å². The number of hydrogen-bond donors (Lipinski definition) is 2. The molecule has 1 saturated carbocycles. The van der Waals surface area contributed by atoms with Crippen molar-refractivity contribution in [1.82, 2.24) is 4.57 Å². The highest BCUT2D eigenvalue weighted by Gasteiger charge is 2.41. The molecule has 1 aromatic carbocycles. The Morgan fingerprint density at radius 3 is 2.83 bits per heavy atom. The van der Waals surface area contributed by atoms with Gasteiger partial charge in [0, 0.05) is 23.7 Å². The molecule has 1 aliphatic heterocycles. The van der Waals surface area contributed by atoms with Crippen molar-refractivity contribution in [3.63, 3.8) is 0 Å². The lowest BCUT2D eigenvalue weighted by Gasteiger charge is -2.28. The van der Waals surface area contributed by atoms with Crippen molar-refractivity contribution >= 4 is 16.9 Å². The molecule has 0 amide bonds. The summed E-state index contributed by atoms with van der Waals surface area (Å²) in [5.74, 6) is -1.68. The van der Waals surface area contributed by atoms with Crippen LogP contribution in [0.1, 0.15) is 41.2 Å². The number of benzene rings is 1. The second-order valence-corrected chi connectivity index (χ2v) is 6.25. The molecule has 3 atom stereocenters. The summed E-state index contributed by atoms with van der Waals surface area (Å²) in [7, 11) is 0. The molecule has 1 aliphatic carbocycles. The first-order valence-corrected chi connectivity index (χ1v) is 7.43. The van der Waals surface area contributed by atoms with E-state index < -0.39 is 17.2 Å². The van der Waals surface area contributed by atoms with E-state index in [0.717, 1.165) is 6.07 Å². The van der Waals surface area contributed by atoms with Crippen LogP contribution in [0, 0.1) is 5.82 Å². The predicted molar refractivity (Wildman–Crippen MR) is 80.7 cm³/mol. The Kier molecular flexibility index (Phi) is 2.81. The fraction of sp³-hybridized carbons (Fsp3) is 0.375. The average Bonchev–Trinajstić information content (AvgIpc) is 3.20. The number of halogens is 1. The summed E-state index contributed by atoms with van der Waals surface area (Å²) in [6, 6.07) is 0.848. The van der Waals surface area contributed by atoms with E-state index in [-0.39, 0.29) is 35.6 Å². The molecule has 4 rings (SSSR count). The van der Waals surface area contributed by atoms with E-state index in [1.54, 1.807) is 4.57 Å². The Hall–Kier alpha value is -2.41. The summed E-state index contributed by atoms with van der Waals surface area (Å²) < 4.78 is 22.0. The van der Waals surface area contributed by atoms with Gasteiger partial charge in [-0.15, -0.1) is 0 Å². The number of hydrogen-bond acceptors (Lipinski definition) is 4. The van der Waals surface area contributed by atoms with E-state index in [2.05, 4.69) is 0 Å². The van der Waals surface area contributed by atoms with Gasteiger partial charge in [0.2, 0.25) is 5.43 Å². The molecule has 2 aromatic rings. The van der Waals surface area contributed by atoms with Crippen molar-refractivity contribution in [2.24, 2.45) is 5.73 Å². The molecule has 2 heterocycles. The number of carbonyl (C=O) groups is 1. The fourth-order valence-corrected chi connectivity index (χ4v) is 3.29. The van der Waals surface area contributed by atoms with Crippen LogP contribution in [0.15, 0.2) is 17.1 Å². The van der Waals surface area contributed by atoms with E-state index in [0.29, 0.717) is 23.3 Å². The number of ether oxygens (including phenoxy) is 1. The Morgan fingerprint density at radius 2 is 2.22 bits per heavy atom. The maximum Gasteiger partial charge on any atom is 0.341 e. The molecule has 2 unspecified atom stereocenters. The lowest BCUT2D eigenvalue weighted by atomic mass is 10.0. The van der Waals surface area contributed by atoms with Crippen LogP contribution in [0.25, 0.3) is 10.9 Å². The molecule has 0 bridgehead atoms. The molecule has 0 saturated heterocycles. The highest BCUT2D eigenvalue weighted by molar-refractivity contribution is 5.95. The zero-order valence-electron chi connectivity index (χ0n) is 12.4. The van der Waals surface area contributed by atoms with Crippen LogP contribution in [0.2, 0.25) is 0 Å². The Balaban J connectivity index is 2.14. The van der Waals surface area contributed by atoms with E-state index in [1.165, 1.54) is 6.20 Å². The van der Waals surface area contributed by atoms with Crippen LogP contribution in [-0.2, 0) is 0 Å². The lowest BCUT2D eigenvalue weighted by Crippen LogP contribution is -2.27. The lowest BCUT2D eigenvalue weighted by molar-refractivity contribution is 0.0694. The zero-order valence-corrected chi connectivity index (χ0v) is 12.4. The molecule has 1 fully saturated rings. The summed E-state index contributed by atoms with van der Waals surface area (Å²) in [5, 5.41) is 9.25. The number of pyridine rings is 1. The van der Waals surface area contributed by atoms with Gasteiger partial charge in [0.25, 0.3) is 0 Å². The summed E-state index contributed by atoms with van der Waals surface area (Å²) in [6.45, 7) is 2.13. The first kappa shape index (κ1) is 14.2. The summed E-state index contributed by atoms with van der Waals surface area (Å²) in [5.41, 5.74) is 5.62. The summed E-state index contributed by atoms with van der Waals surface area (Å²) >= 11 is 0. The molecule has 120 valence electrons. The minimum absolute atomic E-state index is 0.0296. The number of rotatable bonds is 2. The molecule has 0 radical (unpaired) electrons.